The molecule has 2 N–H and O–H groups in total. The van der Waals surface area contributed by atoms with Gasteiger partial charge >= 0.3 is 5.97 Å². The number of nitrogens with one attached hydrogen (secondary N) is 1. The summed E-state index contributed by atoms with van der Waals surface area (Å²) >= 11 is 2.71. The normalized spacial score (nSPS) is 15.6. The molecular formula is C26H29FN2O4S2. The van der Waals surface area contributed by atoms with E-state index in [2.05, 4.69) is 36.8 Å². The third-order valence-electron chi connectivity index (χ3n) is 6.53. The molecule has 9 heteroatoms. The van der Waals surface area contributed by atoms with E-state index in [0.717, 1.165) is 28.5 Å². The number of anilines is 1. The number of aromatic nitrogens is 1. The van der Waals surface area contributed by atoms with Gasteiger partial charge in [-0.1, -0.05) is 26.0 Å². The van der Waals surface area contributed by atoms with Crippen molar-refractivity contribution in [2.24, 2.45) is 5.41 Å². The van der Waals surface area contributed by atoms with E-state index in [-0.39, 0.29) is 5.75 Å². The number of carbonyl (C=O) groups is 1. The monoisotopic (exact) mass is 516 g/mol. The van der Waals surface area contributed by atoms with E-state index >= 15 is 0 Å². The van der Waals surface area contributed by atoms with Crippen molar-refractivity contribution < 1.29 is 23.8 Å². The Labute approximate surface area is 213 Å². The number of methoxy groups -OCH3 is 2. The zero-order valence-corrected chi connectivity index (χ0v) is 21.8. The molecule has 0 radical (unpaired) electrons. The molecule has 0 bridgehead atoms. The van der Waals surface area contributed by atoms with Crippen LogP contribution in [0.2, 0.25) is 0 Å². The Hall–Kier alpha value is -2.78. The Kier molecular flexibility index (Phi) is 7.56. The molecule has 35 heavy (non-hydrogen) atoms. The number of aromatic carboxylic acids is 1. The summed E-state index contributed by atoms with van der Waals surface area (Å²) in [7, 11) is 3.12. The zero-order chi connectivity index (χ0) is 25.2. The lowest BCUT2D eigenvalue weighted by Crippen LogP contribution is -2.20. The van der Waals surface area contributed by atoms with Crippen molar-refractivity contribution in [2.75, 3.05) is 18.9 Å². The van der Waals surface area contributed by atoms with Crippen LogP contribution in [-0.2, 0) is 0 Å². The zero-order valence-electron chi connectivity index (χ0n) is 20.2. The van der Waals surface area contributed by atoms with Gasteiger partial charge in [-0.05, 0) is 54.7 Å². The second-order valence-corrected chi connectivity index (χ2v) is 11.1. The van der Waals surface area contributed by atoms with Crippen molar-refractivity contribution in [3.63, 3.8) is 0 Å². The molecule has 0 saturated heterocycles. The molecular weight excluding hydrogens is 487 g/mol. The number of thiazole rings is 1. The fraction of sp³-hybridized carbons (Fsp3) is 0.385. The second-order valence-electron chi connectivity index (χ2n) is 9.43. The Bertz CT molecular complexity index is 1220. The van der Waals surface area contributed by atoms with E-state index in [1.807, 2.05) is 5.38 Å². The van der Waals surface area contributed by atoms with E-state index in [4.69, 9.17) is 19.6 Å². The first-order chi connectivity index (χ1) is 16.7. The molecule has 1 aliphatic rings. The number of hydrogen-bond donors (Lipinski definition) is 2. The van der Waals surface area contributed by atoms with E-state index in [0.29, 0.717) is 22.0 Å². The van der Waals surface area contributed by atoms with Gasteiger partial charge in [-0.15, -0.1) is 11.3 Å². The maximum atomic E-state index is 14.1. The SMILES string of the molecule is COc1cc(C(=O)O)c(F)cc1NSc1csc(-c2ccc(C3CCC(C)(C)CC3)c(OC)c2)n1. The van der Waals surface area contributed by atoms with E-state index < -0.39 is 17.3 Å². The first-order valence-corrected chi connectivity index (χ1v) is 13.1. The van der Waals surface area contributed by atoms with Crippen molar-refractivity contribution >= 4 is 34.9 Å². The smallest absolute Gasteiger partial charge is 0.338 e. The van der Waals surface area contributed by atoms with E-state index in [1.165, 1.54) is 61.6 Å². The van der Waals surface area contributed by atoms with Gasteiger partial charge in [0.2, 0.25) is 0 Å². The average Bonchev–Trinajstić information content (AvgIpc) is 3.31. The van der Waals surface area contributed by atoms with E-state index in [1.54, 1.807) is 7.11 Å². The van der Waals surface area contributed by atoms with Gasteiger partial charge in [0.1, 0.15) is 27.3 Å². The standard InChI is InChI=1S/C26H29FN2O4S2/c1-26(2)9-7-15(8-10-26)17-6-5-16(11-21(17)32-3)24-28-23(14-34-24)35-29-20-13-19(27)18(25(30)31)12-22(20)33-4/h5-6,11-15,29H,7-10H2,1-4H3,(H,30,31). The number of halogens is 1. The summed E-state index contributed by atoms with van der Waals surface area (Å²) in [5, 5.41) is 12.6. The van der Waals surface area contributed by atoms with Crippen LogP contribution in [0.25, 0.3) is 10.6 Å². The number of rotatable bonds is 8. The van der Waals surface area contributed by atoms with Gasteiger partial charge in [0.25, 0.3) is 0 Å². The first kappa shape index (κ1) is 25.3. The molecule has 0 spiro atoms. The quantitative estimate of drug-likeness (QED) is 0.301. The van der Waals surface area contributed by atoms with Crippen molar-refractivity contribution in [3.8, 4) is 22.1 Å². The summed E-state index contributed by atoms with van der Waals surface area (Å²) < 4.78 is 28.1. The maximum Gasteiger partial charge on any atom is 0.338 e. The predicted octanol–water partition coefficient (Wildman–Crippen LogP) is 7.47. The van der Waals surface area contributed by atoms with Gasteiger partial charge in [0.05, 0.1) is 25.5 Å². The van der Waals surface area contributed by atoms with Gasteiger partial charge in [0, 0.05) is 29.0 Å². The predicted molar refractivity (Wildman–Crippen MR) is 138 cm³/mol. The summed E-state index contributed by atoms with van der Waals surface area (Å²) in [5.41, 5.74) is 2.55. The van der Waals surface area contributed by atoms with Gasteiger partial charge < -0.3 is 19.3 Å². The molecule has 186 valence electrons. The highest BCUT2D eigenvalue weighted by atomic mass is 32.2. The number of carboxylic acid groups (broad SMARTS) is 1. The number of nitrogens with zero attached hydrogens (tertiary/aromatic N) is 1. The van der Waals surface area contributed by atoms with Crippen LogP contribution in [0.15, 0.2) is 40.7 Å². The van der Waals surface area contributed by atoms with Crippen LogP contribution in [0.3, 0.4) is 0 Å². The molecule has 1 aliphatic carbocycles. The molecule has 2 aromatic carbocycles. The summed E-state index contributed by atoms with van der Waals surface area (Å²) in [5.74, 6) is -0.542. The molecule has 0 atom stereocenters. The highest BCUT2D eigenvalue weighted by molar-refractivity contribution is 8.00. The summed E-state index contributed by atoms with van der Waals surface area (Å²) in [6, 6.07) is 8.59. The van der Waals surface area contributed by atoms with Crippen LogP contribution in [0.5, 0.6) is 11.5 Å². The highest BCUT2D eigenvalue weighted by Crippen LogP contribution is 2.45. The third-order valence-corrected chi connectivity index (χ3v) is 8.31. The average molecular weight is 517 g/mol. The molecule has 1 heterocycles. The molecule has 0 amide bonds. The fourth-order valence-corrected chi connectivity index (χ4v) is 5.99. The molecule has 1 saturated carbocycles. The number of carboxylic acids is 1. The first-order valence-electron chi connectivity index (χ1n) is 11.4. The van der Waals surface area contributed by atoms with Crippen molar-refractivity contribution in [1.82, 2.24) is 4.98 Å². The van der Waals surface area contributed by atoms with Crippen LogP contribution in [-0.4, -0.2) is 30.3 Å². The van der Waals surface area contributed by atoms with Crippen LogP contribution in [0.4, 0.5) is 10.1 Å². The lowest BCUT2D eigenvalue weighted by atomic mass is 9.71. The van der Waals surface area contributed by atoms with Crippen LogP contribution in [0.1, 0.15) is 61.4 Å². The van der Waals surface area contributed by atoms with Gasteiger partial charge in [-0.2, -0.15) is 0 Å². The largest absolute Gasteiger partial charge is 0.496 e. The van der Waals surface area contributed by atoms with Crippen molar-refractivity contribution in [3.05, 3.63) is 52.7 Å². The molecule has 1 fully saturated rings. The fourth-order valence-electron chi connectivity index (χ4n) is 4.40. The number of hydrogen-bond acceptors (Lipinski definition) is 7. The van der Waals surface area contributed by atoms with Crippen molar-refractivity contribution in [1.29, 1.82) is 0 Å². The lowest BCUT2D eigenvalue weighted by molar-refractivity contribution is 0.0691. The Morgan fingerprint density at radius 2 is 1.89 bits per heavy atom. The van der Waals surface area contributed by atoms with Gasteiger partial charge in [-0.3, -0.25) is 0 Å². The number of benzene rings is 2. The number of ether oxygens (including phenoxy) is 2. The Morgan fingerprint density at radius 3 is 2.54 bits per heavy atom. The maximum absolute atomic E-state index is 14.1. The molecule has 1 aromatic heterocycles. The molecule has 6 nitrogen and oxygen atoms in total. The van der Waals surface area contributed by atoms with Crippen LogP contribution in [0, 0.1) is 11.2 Å². The van der Waals surface area contributed by atoms with Crippen LogP contribution >= 0.6 is 23.3 Å². The van der Waals surface area contributed by atoms with Crippen LogP contribution < -0.4 is 14.2 Å². The van der Waals surface area contributed by atoms with Gasteiger partial charge in [-0.25, -0.2) is 14.2 Å². The molecule has 4 rings (SSSR count). The van der Waals surface area contributed by atoms with E-state index in [9.17, 15) is 9.18 Å². The molecule has 3 aromatic rings. The Balaban J connectivity index is 1.48. The molecule has 0 aliphatic heterocycles. The highest BCUT2D eigenvalue weighted by Gasteiger charge is 2.29. The summed E-state index contributed by atoms with van der Waals surface area (Å²) in [6.07, 6.45) is 4.78. The second kappa shape index (κ2) is 10.5. The van der Waals surface area contributed by atoms with Crippen molar-refractivity contribution in [2.45, 2.75) is 50.5 Å². The van der Waals surface area contributed by atoms with Gasteiger partial charge in [0.15, 0.2) is 0 Å². The Morgan fingerprint density at radius 1 is 1.17 bits per heavy atom. The minimum absolute atomic E-state index is 0.234. The molecule has 0 unspecified atom stereocenters. The summed E-state index contributed by atoms with van der Waals surface area (Å²) in [6.45, 7) is 4.68. The lowest BCUT2D eigenvalue weighted by Gasteiger charge is -2.35. The third kappa shape index (κ3) is 5.73. The summed E-state index contributed by atoms with van der Waals surface area (Å²) in [4.78, 5) is 15.9. The topological polar surface area (TPSA) is 80.7 Å². The minimum Gasteiger partial charge on any atom is -0.496 e. The minimum atomic E-state index is -1.35.